The lowest BCUT2D eigenvalue weighted by atomic mass is 9.91. The maximum atomic E-state index is 5.79. The van der Waals surface area contributed by atoms with Crippen molar-refractivity contribution in [1.29, 1.82) is 0 Å². The number of methoxy groups -OCH3 is 1. The van der Waals surface area contributed by atoms with E-state index in [0.29, 0.717) is 0 Å². The molecule has 0 N–H and O–H groups in total. The second-order valence-corrected chi connectivity index (χ2v) is 9.18. The van der Waals surface area contributed by atoms with E-state index >= 15 is 0 Å². The van der Waals surface area contributed by atoms with Gasteiger partial charge in [0.25, 0.3) is 0 Å². The molecule has 2 aromatic rings. The summed E-state index contributed by atoms with van der Waals surface area (Å²) in [7, 11) is 1.73. The van der Waals surface area contributed by atoms with E-state index in [9.17, 15) is 0 Å². The van der Waals surface area contributed by atoms with E-state index in [2.05, 4.69) is 57.3 Å². The number of tetrazole rings is 1. The molecule has 0 spiro atoms. The SMILES string of the molecule is C=CC1=C(C=C)CN(C(c2ccccc2OC)c2nnnn2C2(C)CCCCCC2)CC1. The molecule has 1 aliphatic heterocycles. The van der Waals surface area contributed by atoms with E-state index < -0.39 is 0 Å². The van der Waals surface area contributed by atoms with Gasteiger partial charge >= 0.3 is 0 Å². The minimum Gasteiger partial charge on any atom is -0.496 e. The normalized spacial score (nSPS) is 20.4. The maximum Gasteiger partial charge on any atom is 0.173 e. The summed E-state index contributed by atoms with van der Waals surface area (Å²) in [6.07, 6.45) is 12.0. The van der Waals surface area contributed by atoms with Crippen LogP contribution in [0.25, 0.3) is 0 Å². The van der Waals surface area contributed by atoms with Gasteiger partial charge in [-0.25, -0.2) is 4.68 Å². The number of benzene rings is 1. The van der Waals surface area contributed by atoms with Gasteiger partial charge in [-0.2, -0.15) is 0 Å². The summed E-state index contributed by atoms with van der Waals surface area (Å²) in [6, 6.07) is 8.12. The lowest BCUT2D eigenvalue weighted by Gasteiger charge is -2.38. The first-order chi connectivity index (χ1) is 15.6. The molecule has 0 amide bonds. The zero-order valence-corrected chi connectivity index (χ0v) is 19.5. The summed E-state index contributed by atoms with van der Waals surface area (Å²) in [4.78, 5) is 2.45. The van der Waals surface area contributed by atoms with E-state index in [1.807, 2.05) is 24.3 Å². The molecule has 6 heteroatoms. The molecule has 32 heavy (non-hydrogen) atoms. The lowest BCUT2D eigenvalue weighted by Crippen LogP contribution is -2.40. The Balaban J connectivity index is 1.82. The zero-order valence-electron chi connectivity index (χ0n) is 19.5. The van der Waals surface area contributed by atoms with Gasteiger partial charge in [0, 0.05) is 18.7 Å². The van der Waals surface area contributed by atoms with Gasteiger partial charge in [0.1, 0.15) is 11.8 Å². The quantitative estimate of drug-likeness (QED) is 0.561. The summed E-state index contributed by atoms with van der Waals surface area (Å²) < 4.78 is 7.91. The standard InChI is InChI=1S/C26H35N5O/c1-5-20-15-18-30(19-21(20)6-2)24(22-13-9-10-14-23(22)32-4)25-27-28-29-31(25)26(3)16-11-7-8-12-17-26/h5-6,9-10,13-14,24H,1-2,7-8,11-12,15-19H2,3-4H3. The predicted molar refractivity (Wildman–Crippen MR) is 128 cm³/mol. The number of nitrogens with zero attached hydrogens (tertiary/aromatic N) is 5. The molecule has 1 atom stereocenters. The number of aromatic nitrogens is 4. The first-order valence-electron chi connectivity index (χ1n) is 11.7. The Kier molecular flexibility index (Phi) is 6.89. The molecule has 2 aliphatic rings. The Morgan fingerprint density at radius 1 is 1.06 bits per heavy atom. The van der Waals surface area contributed by atoms with Crippen molar-refractivity contribution >= 4 is 0 Å². The minimum atomic E-state index is -0.109. The van der Waals surface area contributed by atoms with Gasteiger partial charge in [0.2, 0.25) is 0 Å². The highest BCUT2D eigenvalue weighted by Gasteiger charge is 2.38. The van der Waals surface area contributed by atoms with Crippen LogP contribution in [0.5, 0.6) is 5.75 Å². The summed E-state index contributed by atoms with van der Waals surface area (Å²) >= 11 is 0. The molecule has 1 aliphatic carbocycles. The van der Waals surface area contributed by atoms with Crippen LogP contribution in [0.15, 0.2) is 60.7 Å². The van der Waals surface area contributed by atoms with Crippen LogP contribution in [-0.4, -0.2) is 45.3 Å². The van der Waals surface area contributed by atoms with Crippen molar-refractivity contribution in [2.24, 2.45) is 0 Å². The maximum absolute atomic E-state index is 5.79. The van der Waals surface area contributed by atoms with E-state index in [4.69, 9.17) is 4.74 Å². The van der Waals surface area contributed by atoms with Gasteiger partial charge in [-0.15, -0.1) is 5.10 Å². The summed E-state index contributed by atoms with van der Waals surface area (Å²) in [5.74, 6) is 1.75. The first-order valence-corrected chi connectivity index (χ1v) is 11.7. The fourth-order valence-electron chi connectivity index (χ4n) is 5.32. The second kappa shape index (κ2) is 9.82. The lowest BCUT2D eigenvalue weighted by molar-refractivity contribution is 0.187. The van der Waals surface area contributed by atoms with Gasteiger partial charge in [-0.1, -0.05) is 69.2 Å². The van der Waals surface area contributed by atoms with Crippen molar-refractivity contribution in [3.63, 3.8) is 0 Å². The highest BCUT2D eigenvalue weighted by atomic mass is 16.5. The van der Waals surface area contributed by atoms with Crippen molar-refractivity contribution in [3.8, 4) is 5.75 Å². The smallest absolute Gasteiger partial charge is 0.173 e. The van der Waals surface area contributed by atoms with Crippen LogP contribution in [0.3, 0.4) is 0 Å². The molecular weight excluding hydrogens is 398 g/mol. The van der Waals surface area contributed by atoms with E-state index in [-0.39, 0.29) is 11.6 Å². The van der Waals surface area contributed by atoms with Crippen LogP contribution in [0, 0.1) is 0 Å². The molecule has 0 bridgehead atoms. The van der Waals surface area contributed by atoms with Crippen LogP contribution < -0.4 is 4.74 Å². The van der Waals surface area contributed by atoms with Gasteiger partial charge < -0.3 is 4.74 Å². The molecule has 0 radical (unpaired) electrons. The average Bonchev–Trinajstić information content (AvgIpc) is 3.21. The number of ether oxygens (including phenoxy) is 1. The summed E-state index contributed by atoms with van der Waals surface area (Å²) in [6.45, 7) is 12.0. The third kappa shape index (κ3) is 4.29. The molecule has 0 saturated heterocycles. The molecule has 1 aromatic heterocycles. The second-order valence-electron chi connectivity index (χ2n) is 9.18. The van der Waals surface area contributed by atoms with E-state index in [1.54, 1.807) is 7.11 Å². The third-order valence-electron chi connectivity index (χ3n) is 7.18. The Labute approximate surface area is 191 Å². The minimum absolute atomic E-state index is 0.0746. The molecule has 2 heterocycles. The fourth-order valence-corrected chi connectivity index (χ4v) is 5.32. The topological polar surface area (TPSA) is 56.1 Å². The van der Waals surface area contributed by atoms with Crippen LogP contribution in [0.4, 0.5) is 0 Å². The highest BCUT2D eigenvalue weighted by Crippen LogP contribution is 2.40. The van der Waals surface area contributed by atoms with Crippen molar-refractivity contribution in [1.82, 2.24) is 25.1 Å². The van der Waals surface area contributed by atoms with Gasteiger partial charge in [0.15, 0.2) is 5.82 Å². The van der Waals surface area contributed by atoms with Crippen LogP contribution in [0.2, 0.25) is 0 Å². The Morgan fingerprint density at radius 3 is 2.47 bits per heavy atom. The molecule has 1 aromatic carbocycles. The van der Waals surface area contributed by atoms with Crippen LogP contribution in [-0.2, 0) is 5.54 Å². The molecule has 6 nitrogen and oxygen atoms in total. The number of para-hydroxylation sites is 1. The summed E-state index contributed by atoms with van der Waals surface area (Å²) in [5, 5.41) is 13.4. The van der Waals surface area contributed by atoms with Crippen molar-refractivity contribution in [2.75, 3.05) is 20.2 Å². The third-order valence-corrected chi connectivity index (χ3v) is 7.18. The summed E-state index contributed by atoms with van der Waals surface area (Å²) in [5.41, 5.74) is 3.50. The van der Waals surface area contributed by atoms with Crippen molar-refractivity contribution < 1.29 is 4.74 Å². The van der Waals surface area contributed by atoms with Crippen molar-refractivity contribution in [3.05, 3.63) is 72.1 Å². The largest absolute Gasteiger partial charge is 0.496 e. The Hall–Kier alpha value is -2.73. The molecule has 170 valence electrons. The van der Waals surface area contributed by atoms with Gasteiger partial charge in [-0.3, -0.25) is 4.90 Å². The highest BCUT2D eigenvalue weighted by molar-refractivity contribution is 5.41. The predicted octanol–water partition coefficient (Wildman–Crippen LogP) is 5.21. The Morgan fingerprint density at radius 2 is 1.78 bits per heavy atom. The number of rotatable bonds is 7. The number of hydrogen-bond acceptors (Lipinski definition) is 5. The monoisotopic (exact) mass is 433 g/mol. The van der Waals surface area contributed by atoms with E-state index in [0.717, 1.165) is 49.5 Å². The van der Waals surface area contributed by atoms with Gasteiger partial charge in [0.05, 0.1) is 12.6 Å². The fraction of sp³-hybridized carbons (Fsp3) is 0.500. The number of hydrogen-bond donors (Lipinski definition) is 0. The molecular formula is C26H35N5O. The number of allylic oxidation sites excluding steroid dienone is 1. The van der Waals surface area contributed by atoms with Crippen molar-refractivity contribution in [2.45, 2.75) is 63.5 Å². The van der Waals surface area contributed by atoms with Crippen LogP contribution >= 0.6 is 0 Å². The average molecular weight is 434 g/mol. The van der Waals surface area contributed by atoms with Crippen LogP contribution in [0.1, 0.15) is 69.3 Å². The Bertz CT molecular complexity index is 984. The first kappa shape index (κ1) is 22.5. The molecule has 1 saturated carbocycles. The zero-order chi connectivity index (χ0) is 22.6. The van der Waals surface area contributed by atoms with Gasteiger partial charge in [-0.05, 0) is 53.8 Å². The molecule has 1 unspecified atom stereocenters. The molecule has 1 fully saturated rings. The van der Waals surface area contributed by atoms with E-state index in [1.165, 1.54) is 36.8 Å². The molecule has 4 rings (SSSR count).